The summed E-state index contributed by atoms with van der Waals surface area (Å²) >= 11 is 3.52. The molecule has 1 aliphatic rings. The molecule has 1 saturated heterocycles. The van der Waals surface area contributed by atoms with Crippen LogP contribution in [0.15, 0.2) is 59.3 Å². The Bertz CT molecular complexity index is 957. The summed E-state index contributed by atoms with van der Waals surface area (Å²) in [4.78, 5) is 13.1. The molecular formula is C20H20BrFN6. The van der Waals surface area contributed by atoms with Gasteiger partial charge in [0, 0.05) is 36.3 Å². The summed E-state index contributed by atoms with van der Waals surface area (Å²) in [6.07, 6.45) is 1.53. The van der Waals surface area contributed by atoms with E-state index in [-0.39, 0.29) is 5.82 Å². The van der Waals surface area contributed by atoms with Crippen molar-refractivity contribution in [2.75, 3.05) is 47.0 Å². The molecule has 6 nitrogen and oxygen atoms in total. The molecule has 144 valence electrons. The number of nitrogens with two attached hydrogens (primary N) is 1. The van der Waals surface area contributed by atoms with Crippen LogP contribution in [0.1, 0.15) is 0 Å². The predicted octanol–water partition coefficient (Wildman–Crippen LogP) is 4.03. The maximum Gasteiger partial charge on any atom is 0.159 e. The van der Waals surface area contributed by atoms with E-state index in [0.29, 0.717) is 11.5 Å². The average molecular weight is 443 g/mol. The Morgan fingerprint density at radius 2 is 1.61 bits per heavy atom. The highest BCUT2D eigenvalue weighted by atomic mass is 79.9. The number of para-hydroxylation sites is 1. The largest absolute Gasteiger partial charge is 0.393 e. The van der Waals surface area contributed by atoms with Gasteiger partial charge in [-0.1, -0.05) is 12.1 Å². The van der Waals surface area contributed by atoms with E-state index in [4.69, 9.17) is 5.73 Å². The summed E-state index contributed by atoms with van der Waals surface area (Å²) in [5.74, 6) is 1.09. The SMILES string of the molecule is Nc1c(Nc2ccccc2Br)ncnc1N1CCN(c2ccc(F)cc2)CC1. The number of piperazine rings is 1. The van der Waals surface area contributed by atoms with Crippen LogP contribution in [0.2, 0.25) is 0 Å². The van der Waals surface area contributed by atoms with Gasteiger partial charge in [-0.25, -0.2) is 14.4 Å². The number of halogens is 2. The number of nitrogens with zero attached hydrogens (tertiary/aromatic N) is 4. The molecule has 0 spiro atoms. The van der Waals surface area contributed by atoms with Gasteiger partial charge >= 0.3 is 0 Å². The van der Waals surface area contributed by atoms with Crippen LogP contribution in [-0.4, -0.2) is 36.1 Å². The summed E-state index contributed by atoms with van der Waals surface area (Å²) in [5.41, 5.74) is 8.81. The Morgan fingerprint density at radius 1 is 0.929 bits per heavy atom. The van der Waals surface area contributed by atoms with Gasteiger partial charge in [0.1, 0.15) is 17.8 Å². The molecule has 0 amide bonds. The molecule has 8 heteroatoms. The summed E-state index contributed by atoms with van der Waals surface area (Å²) < 4.78 is 14.1. The zero-order valence-electron chi connectivity index (χ0n) is 15.1. The molecule has 0 aliphatic carbocycles. The highest BCUT2D eigenvalue weighted by Crippen LogP contribution is 2.32. The summed E-state index contributed by atoms with van der Waals surface area (Å²) in [6, 6.07) is 14.4. The minimum Gasteiger partial charge on any atom is -0.393 e. The van der Waals surface area contributed by atoms with Crippen LogP contribution in [0, 0.1) is 5.82 Å². The lowest BCUT2D eigenvalue weighted by molar-refractivity contribution is 0.624. The first-order valence-electron chi connectivity index (χ1n) is 8.99. The minimum atomic E-state index is -0.221. The van der Waals surface area contributed by atoms with Crippen molar-refractivity contribution in [2.24, 2.45) is 0 Å². The smallest absolute Gasteiger partial charge is 0.159 e. The van der Waals surface area contributed by atoms with Gasteiger partial charge in [0.15, 0.2) is 11.6 Å². The van der Waals surface area contributed by atoms with E-state index < -0.39 is 0 Å². The zero-order valence-corrected chi connectivity index (χ0v) is 16.7. The lowest BCUT2D eigenvalue weighted by Gasteiger charge is -2.37. The number of benzene rings is 2. The van der Waals surface area contributed by atoms with Crippen LogP contribution in [0.3, 0.4) is 0 Å². The summed E-state index contributed by atoms with van der Waals surface area (Å²) in [7, 11) is 0. The number of hydrogen-bond acceptors (Lipinski definition) is 6. The molecule has 2 aromatic carbocycles. The van der Waals surface area contributed by atoms with Crippen molar-refractivity contribution in [3.05, 3.63) is 65.1 Å². The minimum absolute atomic E-state index is 0.221. The molecule has 1 fully saturated rings. The van der Waals surface area contributed by atoms with Crippen LogP contribution >= 0.6 is 15.9 Å². The lowest BCUT2D eigenvalue weighted by atomic mass is 10.2. The molecule has 28 heavy (non-hydrogen) atoms. The number of rotatable bonds is 4. The summed E-state index contributed by atoms with van der Waals surface area (Å²) in [5, 5.41) is 3.26. The first-order valence-corrected chi connectivity index (χ1v) is 9.78. The van der Waals surface area contributed by atoms with Gasteiger partial charge in [-0.15, -0.1) is 0 Å². The molecule has 0 bridgehead atoms. The van der Waals surface area contributed by atoms with Gasteiger partial charge in [0.2, 0.25) is 0 Å². The Balaban J connectivity index is 1.48. The predicted molar refractivity (Wildman–Crippen MR) is 115 cm³/mol. The molecule has 3 N–H and O–H groups in total. The Kier molecular flexibility index (Phi) is 5.29. The Labute approximate surface area is 171 Å². The Morgan fingerprint density at radius 3 is 2.32 bits per heavy atom. The second kappa shape index (κ2) is 8.02. The number of aromatic nitrogens is 2. The molecule has 3 aromatic rings. The van der Waals surface area contributed by atoms with E-state index in [1.54, 1.807) is 0 Å². The van der Waals surface area contributed by atoms with Crippen LogP contribution in [0.5, 0.6) is 0 Å². The molecule has 1 aliphatic heterocycles. The standard InChI is InChI=1S/C20H20BrFN6/c21-16-3-1-2-4-17(16)26-19-18(23)20(25-13-24-19)28-11-9-27(10-12-28)15-7-5-14(22)6-8-15/h1-8,13H,9-12,23H2,(H,24,25,26). The quantitative estimate of drug-likeness (QED) is 0.635. The zero-order chi connectivity index (χ0) is 19.5. The second-order valence-corrected chi connectivity index (χ2v) is 7.37. The highest BCUT2D eigenvalue weighted by Gasteiger charge is 2.21. The molecule has 0 unspecified atom stereocenters. The molecule has 0 atom stereocenters. The van der Waals surface area contributed by atoms with E-state index in [9.17, 15) is 4.39 Å². The van der Waals surface area contributed by atoms with E-state index in [1.807, 2.05) is 36.4 Å². The van der Waals surface area contributed by atoms with Gasteiger partial charge in [-0.3, -0.25) is 0 Å². The van der Waals surface area contributed by atoms with E-state index in [1.165, 1.54) is 18.5 Å². The van der Waals surface area contributed by atoms with Gasteiger partial charge in [0.25, 0.3) is 0 Å². The third kappa shape index (κ3) is 3.87. The van der Waals surface area contributed by atoms with Crippen LogP contribution in [0.4, 0.5) is 33.1 Å². The van der Waals surface area contributed by atoms with E-state index in [0.717, 1.165) is 47.8 Å². The van der Waals surface area contributed by atoms with E-state index in [2.05, 4.69) is 41.0 Å². The molecule has 4 rings (SSSR count). The number of nitrogens with one attached hydrogen (secondary N) is 1. The van der Waals surface area contributed by atoms with Crippen LogP contribution < -0.4 is 20.9 Å². The maximum atomic E-state index is 13.1. The normalized spacial score (nSPS) is 14.2. The van der Waals surface area contributed by atoms with Crippen molar-refractivity contribution in [3.8, 4) is 0 Å². The molecule has 0 saturated carbocycles. The van der Waals surface area contributed by atoms with Crippen molar-refractivity contribution in [1.29, 1.82) is 0 Å². The van der Waals surface area contributed by atoms with E-state index >= 15 is 0 Å². The molecule has 2 heterocycles. The van der Waals surface area contributed by atoms with Crippen LogP contribution in [0.25, 0.3) is 0 Å². The molecule has 1 aromatic heterocycles. The number of anilines is 5. The summed E-state index contributed by atoms with van der Waals surface area (Å²) in [6.45, 7) is 3.16. The Hall–Kier alpha value is -2.87. The number of hydrogen-bond donors (Lipinski definition) is 2. The first-order chi connectivity index (χ1) is 13.6. The number of nitrogen functional groups attached to an aromatic ring is 1. The molecular weight excluding hydrogens is 423 g/mol. The van der Waals surface area contributed by atoms with Crippen molar-refractivity contribution >= 4 is 44.6 Å². The van der Waals surface area contributed by atoms with Gasteiger partial charge < -0.3 is 20.9 Å². The van der Waals surface area contributed by atoms with Gasteiger partial charge in [0.05, 0.1) is 5.69 Å². The highest BCUT2D eigenvalue weighted by molar-refractivity contribution is 9.10. The fourth-order valence-corrected chi connectivity index (χ4v) is 3.64. The van der Waals surface area contributed by atoms with Crippen molar-refractivity contribution < 1.29 is 4.39 Å². The van der Waals surface area contributed by atoms with Crippen molar-refractivity contribution in [3.63, 3.8) is 0 Å². The van der Waals surface area contributed by atoms with Crippen molar-refractivity contribution in [2.45, 2.75) is 0 Å². The topological polar surface area (TPSA) is 70.3 Å². The maximum absolute atomic E-state index is 13.1. The molecule has 0 radical (unpaired) electrons. The van der Waals surface area contributed by atoms with Crippen molar-refractivity contribution in [1.82, 2.24) is 9.97 Å². The second-order valence-electron chi connectivity index (χ2n) is 6.51. The fourth-order valence-electron chi connectivity index (χ4n) is 3.26. The first kappa shape index (κ1) is 18.5. The average Bonchev–Trinajstić information content (AvgIpc) is 2.72. The third-order valence-corrected chi connectivity index (χ3v) is 5.45. The van der Waals surface area contributed by atoms with Crippen LogP contribution in [-0.2, 0) is 0 Å². The monoisotopic (exact) mass is 442 g/mol. The van der Waals surface area contributed by atoms with Gasteiger partial charge in [-0.2, -0.15) is 0 Å². The third-order valence-electron chi connectivity index (χ3n) is 4.76. The van der Waals surface area contributed by atoms with Gasteiger partial charge in [-0.05, 0) is 52.3 Å². The fraction of sp³-hybridized carbons (Fsp3) is 0.200. The lowest BCUT2D eigenvalue weighted by Crippen LogP contribution is -2.47.